The van der Waals surface area contributed by atoms with Crippen molar-refractivity contribution < 1.29 is 14.4 Å². The van der Waals surface area contributed by atoms with E-state index in [2.05, 4.69) is 27.7 Å². The third kappa shape index (κ3) is 13.4. The maximum atomic E-state index is 12.3. The fraction of sp³-hybridized carbons (Fsp3) is 0.962. The van der Waals surface area contributed by atoms with E-state index in [1.807, 2.05) is 0 Å². The number of carboxylic acid groups (broad SMARTS) is 1. The SMILES string of the molecule is CCCCCCCCCCCCC(C(=O)O)[N+](CCCC)(CCCC)CCCC. The zero-order valence-corrected chi connectivity index (χ0v) is 20.5. The topological polar surface area (TPSA) is 37.3 Å². The largest absolute Gasteiger partial charge is 0.477 e. The molecule has 29 heavy (non-hydrogen) atoms. The van der Waals surface area contributed by atoms with Gasteiger partial charge < -0.3 is 9.59 Å². The number of hydrogen-bond acceptors (Lipinski definition) is 1. The maximum absolute atomic E-state index is 12.3. The van der Waals surface area contributed by atoms with Crippen LogP contribution in [0.25, 0.3) is 0 Å². The van der Waals surface area contributed by atoms with E-state index in [-0.39, 0.29) is 6.04 Å². The summed E-state index contributed by atoms with van der Waals surface area (Å²) in [6, 6.07) is -0.200. The summed E-state index contributed by atoms with van der Waals surface area (Å²) in [6.45, 7) is 12.1. The van der Waals surface area contributed by atoms with Gasteiger partial charge in [0.1, 0.15) is 0 Å². The third-order valence-corrected chi connectivity index (χ3v) is 6.65. The van der Waals surface area contributed by atoms with Crippen LogP contribution < -0.4 is 0 Å². The molecule has 0 rings (SSSR count). The Morgan fingerprint density at radius 1 is 0.586 bits per heavy atom. The lowest BCUT2D eigenvalue weighted by molar-refractivity contribution is -0.944. The summed E-state index contributed by atoms with van der Waals surface area (Å²) < 4.78 is 0.836. The normalized spacial score (nSPS) is 13.0. The molecule has 0 fully saturated rings. The summed E-state index contributed by atoms with van der Waals surface area (Å²) in [6.07, 6.45) is 20.9. The van der Waals surface area contributed by atoms with Gasteiger partial charge in [0.15, 0.2) is 6.04 Å². The molecule has 3 nitrogen and oxygen atoms in total. The number of hydrogen-bond donors (Lipinski definition) is 1. The Labute approximate surface area is 183 Å². The fourth-order valence-corrected chi connectivity index (χ4v) is 4.68. The number of aliphatic carboxylic acids is 1. The van der Waals surface area contributed by atoms with Crippen LogP contribution in [-0.4, -0.2) is 41.2 Å². The molecule has 3 heteroatoms. The molecule has 0 bridgehead atoms. The predicted octanol–water partition coefficient (Wildman–Crippen LogP) is 7.97. The zero-order valence-electron chi connectivity index (χ0n) is 20.5. The van der Waals surface area contributed by atoms with E-state index in [4.69, 9.17) is 0 Å². The molecule has 0 saturated carbocycles. The summed E-state index contributed by atoms with van der Waals surface area (Å²) >= 11 is 0. The molecule has 0 aromatic rings. The van der Waals surface area contributed by atoms with E-state index in [1.54, 1.807) is 0 Å². The van der Waals surface area contributed by atoms with Crippen LogP contribution in [0.4, 0.5) is 0 Å². The van der Waals surface area contributed by atoms with Crippen molar-refractivity contribution >= 4 is 5.97 Å². The second-order valence-corrected chi connectivity index (χ2v) is 9.27. The second-order valence-electron chi connectivity index (χ2n) is 9.27. The molecular weight excluding hydrogens is 358 g/mol. The van der Waals surface area contributed by atoms with Gasteiger partial charge in [-0.1, -0.05) is 105 Å². The molecule has 0 aliphatic carbocycles. The predicted molar refractivity (Wildman–Crippen MR) is 127 cm³/mol. The summed E-state index contributed by atoms with van der Waals surface area (Å²) in [4.78, 5) is 12.3. The molecule has 0 aliphatic heterocycles. The van der Waals surface area contributed by atoms with E-state index in [0.717, 1.165) is 75.5 Å². The van der Waals surface area contributed by atoms with Crippen molar-refractivity contribution in [3.63, 3.8) is 0 Å². The quantitative estimate of drug-likeness (QED) is 0.145. The first-order valence-electron chi connectivity index (χ1n) is 13.2. The zero-order chi connectivity index (χ0) is 21.8. The van der Waals surface area contributed by atoms with E-state index in [1.165, 1.54) is 57.8 Å². The second kappa shape index (κ2) is 19.4. The molecule has 0 aliphatic rings. The molecule has 1 unspecified atom stereocenters. The lowest BCUT2D eigenvalue weighted by Crippen LogP contribution is -2.60. The van der Waals surface area contributed by atoms with Crippen molar-refractivity contribution in [2.45, 2.75) is 143 Å². The average Bonchev–Trinajstić information content (AvgIpc) is 2.72. The minimum Gasteiger partial charge on any atom is -0.477 e. The highest BCUT2D eigenvalue weighted by molar-refractivity contribution is 5.72. The fourth-order valence-electron chi connectivity index (χ4n) is 4.68. The van der Waals surface area contributed by atoms with Gasteiger partial charge in [0.2, 0.25) is 0 Å². The standard InChI is InChI=1S/C26H53NO2/c1-5-9-13-14-15-16-17-18-19-20-21-25(26(28)29)27(22-10-6-2,23-11-7-3)24-12-8-4/h25H,5-24H2,1-4H3/p+1. The summed E-state index contributed by atoms with van der Waals surface area (Å²) in [5.74, 6) is -0.552. The molecular formula is C26H54NO2+. The lowest BCUT2D eigenvalue weighted by Gasteiger charge is -2.43. The van der Waals surface area contributed by atoms with E-state index in [9.17, 15) is 9.90 Å². The van der Waals surface area contributed by atoms with Gasteiger partial charge in [0, 0.05) is 6.42 Å². The third-order valence-electron chi connectivity index (χ3n) is 6.65. The van der Waals surface area contributed by atoms with Gasteiger partial charge in [-0.05, 0) is 25.7 Å². The monoisotopic (exact) mass is 412 g/mol. The first-order valence-corrected chi connectivity index (χ1v) is 13.2. The van der Waals surface area contributed by atoms with E-state index < -0.39 is 5.97 Å². The van der Waals surface area contributed by atoms with Crippen molar-refractivity contribution in [1.82, 2.24) is 0 Å². The first kappa shape index (κ1) is 28.4. The van der Waals surface area contributed by atoms with Crippen molar-refractivity contribution in [2.75, 3.05) is 19.6 Å². The molecule has 0 aromatic carbocycles. The molecule has 0 heterocycles. The number of quaternary nitrogens is 1. The molecule has 0 radical (unpaired) electrons. The van der Waals surface area contributed by atoms with Gasteiger partial charge in [-0.25, -0.2) is 4.79 Å². The van der Waals surface area contributed by atoms with Gasteiger partial charge in [-0.15, -0.1) is 0 Å². The van der Waals surface area contributed by atoms with Gasteiger partial charge in [-0.2, -0.15) is 0 Å². The van der Waals surface area contributed by atoms with Crippen LogP contribution in [0.1, 0.15) is 137 Å². The van der Waals surface area contributed by atoms with Crippen LogP contribution in [0.15, 0.2) is 0 Å². The lowest BCUT2D eigenvalue weighted by atomic mass is 9.99. The van der Waals surface area contributed by atoms with Gasteiger partial charge in [0.25, 0.3) is 0 Å². The van der Waals surface area contributed by atoms with Gasteiger partial charge in [-0.3, -0.25) is 0 Å². The number of rotatable bonds is 22. The summed E-state index contributed by atoms with van der Waals surface area (Å²) in [5.41, 5.74) is 0. The Morgan fingerprint density at radius 3 is 1.28 bits per heavy atom. The van der Waals surface area contributed by atoms with Crippen LogP contribution in [0, 0.1) is 0 Å². The van der Waals surface area contributed by atoms with Crippen molar-refractivity contribution in [1.29, 1.82) is 0 Å². The maximum Gasteiger partial charge on any atom is 0.362 e. The highest BCUT2D eigenvalue weighted by Crippen LogP contribution is 2.25. The van der Waals surface area contributed by atoms with Crippen molar-refractivity contribution in [3.05, 3.63) is 0 Å². The minimum atomic E-state index is -0.552. The van der Waals surface area contributed by atoms with Crippen LogP contribution in [0.2, 0.25) is 0 Å². The Morgan fingerprint density at radius 2 is 0.931 bits per heavy atom. The highest BCUT2D eigenvalue weighted by Gasteiger charge is 2.40. The van der Waals surface area contributed by atoms with Crippen LogP contribution in [-0.2, 0) is 4.79 Å². The van der Waals surface area contributed by atoms with Crippen molar-refractivity contribution in [3.8, 4) is 0 Å². The average molecular weight is 413 g/mol. The Kier molecular flexibility index (Phi) is 19.0. The van der Waals surface area contributed by atoms with Gasteiger partial charge >= 0.3 is 5.97 Å². The van der Waals surface area contributed by atoms with Crippen LogP contribution in [0.5, 0.6) is 0 Å². The molecule has 0 saturated heterocycles. The van der Waals surface area contributed by atoms with Crippen molar-refractivity contribution in [2.24, 2.45) is 0 Å². The Balaban J connectivity index is 4.60. The Bertz CT molecular complexity index is 348. The number of carbonyl (C=O) groups is 1. The minimum absolute atomic E-state index is 0.200. The number of nitrogens with zero attached hydrogens (tertiary/aromatic N) is 1. The molecule has 0 aromatic heterocycles. The number of carboxylic acids is 1. The van der Waals surface area contributed by atoms with Crippen LogP contribution >= 0.6 is 0 Å². The molecule has 0 spiro atoms. The summed E-state index contributed by atoms with van der Waals surface area (Å²) in [5, 5.41) is 10.1. The summed E-state index contributed by atoms with van der Waals surface area (Å²) in [7, 11) is 0. The van der Waals surface area contributed by atoms with Gasteiger partial charge in [0.05, 0.1) is 19.6 Å². The number of unbranched alkanes of at least 4 members (excludes halogenated alkanes) is 12. The van der Waals surface area contributed by atoms with E-state index >= 15 is 0 Å². The molecule has 1 atom stereocenters. The smallest absolute Gasteiger partial charge is 0.362 e. The van der Waals surface area contributed by atoms with E-state index in [0.29, 0.717) is 0 Å². The van der Waals surface area contributed by atoms with Crippen LogP contribution in [0.3, 0.4) is 0 Å². The highest BCUT2D eigenvalue weighted by atomic mass is 16.4. The molecule has 0 amide bonds. The molecule has 1 N–H and O–H groups in total. The first-order chi connectivity index (χ1) is 14.1. The molecule has 174 valence electrons. The Hall–Kier alpha value is -0.570.